The Morgan fingerprint density at radius 3 is 2.60 bits per heavy atom. The lowest BCUT2D eigenvalue weighted by atomic mass is 10.3. The largest absolute Gasteiger partial charge is 0.491 e. The molecule has 4 nitrogen and oxygen atoms in total. The third-order valence-electron chi connectivity index (χ3n) is 1.39. The van der Waals surface area contributed by atoms with Crippen molar-refractivity contribution < 1.29 is 18.1 Å². The second kappa shape index (κ2) is 7.95. The lowest BCUT2D eigenvalue weighted by Gasteiger charge is -2.05. The van der Waals surface area contributed by atoms with Crippen LogP contribution in [0.3, 0.4) is 0 Å². The zero-order valence-electron chi connectivity index (χ0n) is 8.14. The van der Waals surface area contributed by atoms with E-state index in [-0.39, 0.29) is 0 Å². The van der Waals surface area contributed by atoms with Gasteiger partial charge in [0.15, 0.2) is 12.3 Å². The summed E-state index contributed by atoms with van der Waals surface area (Å²) in [6.07, 6.45) is 0. The fourth-order valence-corrected chi connectivity index (χ4v) is 1.30. The minimum absolute atomic E-state index is 0.421. The summed E-state index contributed by atoms with van der Waals surface area (Å²) in [4.78, 5) is 4.31. The molecule has 1 aromatic rings. The Morgan fingerprint density at radius 2 is 1.93 bits per heavy atom. The van der Waals surface area contributed by atoms with Crippen molar-refractivity contribution in [2.24, 2.45) is 0 Å². The van der Waals surface area contributed by atoms with Crippen LogP contribution in [0.25, 0.3) is 0 Å². The molecule has 0 amide bonds. The van der Waals surface area contributed by atoms with Crippen LogP contribution in [-0.4, -0.2) is 20.3 Å². The molecule has 84 valence electrons. The van der Waals surface area contributed by atoms with E-state index in [1.54, 1.807) is 0 Å². The molecular weight excluding hydrogens is 284 g/mol. The van der Waals surface area contributed by atoms with Gasteiger partial charge in [-0.25, -0.2) is 4.89 Å². The quantitative estimate of drug-likeness (QED) is 0.334. The highest BCUT2D eigenvalue weighted by Gasteiger charge is 1.94. The minimum Gasteiger partial charge on any atom is -0.491 e. The highest BCUT2D eigenvalue weighted by molar-refractivity contribution is 9.10. The van der Waals surface area contributed by atoms with Crippen molar-refractivity contribution in [1.82, 2.24) is 0 Å². The molecule has 0 fully saturated rings. The number of benzene rings is 1. The van der Waals surface area contributed by atoms with Crippen molar-refractivity contribution in [3.63, 3.8) is 0 Å². The van der Waals surface area contributed by atoms with E-state index in [4.69, 9.17) is 8.92 Å². The summed E-state index contributed by atoms with van der Waals surface area (Å²) in [5.41, 5.74) is 0. The zero-order chi connectivity index (χ0) is 10.9. The first-order valence-corrected chi connectivity index (χ1v) is 5.66. The molecule has 0 spiro atoms. The van der Waals surface area contributed by atoms with Gasteiger partial charge < -0.3 is 4.74 Å². The Morgan fingerprint density at radius 1 is 1.20 bits per heavy atom. The molecular formula is C9H11BrO4S. The van der Waals surface area contributed by atoms with Gasteiger partial charge in [-0.15, -0.1) is 4.33 Å². The van der Waals surface area contributed by atoms with E-state index >= 15 is 0 Å². The van der Waals surface area contributed by atoms with Crippen molar-refractivity contribution >= 4 is 28.3 Å². The van der Waals surface area contributed by atoms with Gasteiger partial charge in [-0.2, -0.15) is 0 Å². The average Bonchev–Trinajstić information content (AvgIpc) is 2.26. The van der Waals surface area contributed by atoms with E-state index in [0.29, 0.717) is 13.2 Å². The number of halogens is 1. The van der Waals surface area contributed by atoms with Crippen molar-refractivity contribution in [3.8, 4) is 5.75 Å². The van der Waals surface area contributed by atoms with Crippen molar-refractivity contribution in [2.75, 3.05) is 20.3 Å². The fourth-order valence-electron chi connectivity index (χ4n) is 0.806. The van der Waals surface area contributed by atoms with Crippen molar-refractivity contribution in [3.05, 3.63) is 28.7 Å². The minimum atomic E-state index is 0.421. The van der Waals surface area contributed by atoms with Crippen LogP contribution in [0.2, 0.25) is 0 Å². The Hall–Kier alpha value is -0.270. The molecule has 0 aliphatic rings. The Balaban J connectivity index is 2.07. The summed E-state index contributed by atoms with van der Waals surface area (Å²) in [6, 6.07) is 7.59. The van der Waals surface area contributed by atoms with Crippen molar-refractivity contribution in [2.45, 2.75) is 0 Å². The van der Waals surface area contributed by atoms with Gasteiger partial charge in [-0.3, -0.25) is 4.18 Å². The van der Waals surface area contributed by atoms with E-state index in [1.807, 2.05) is 24.3 Å². The van der Waals surface area contributed by atoms with Crippen LogP contribution in [0.15, 0.2) is 28.7 Å². The predicted molar refractivity (Wildman–Crippen MR) is 61.3 cm³/mol. The summed E-state index contributed by atoms with van der Waals surface area (Å²) in [5.74, 6) is 0.805. The molecule has 0 bridgehead atoms. The lowest BCUT2D eigenvalue weighted by molar-refractivity contribution is -0.166. The molecule has 0 atom stereocenters. The molecule has 0 saturated heterocycles. The molecule has 1 aromatic carbocycles. The lowest BCUT2D eigenvalue weighted by Crippen LogP contribution is -2.03. The third kappa shape index (κ3) is 6.01. The molecule has 0 aromatic heterocycles. The first-order chi connectivity index (χ1) is 7.33. The molecule has 15 heavy (non-hydrogen) atoms. The SMILES string of the molecule is COOSOCCOc1ccc(Br)cc1. The Bertz CT molecular complexity index is 267. The van der Waals surface area contributed by atoms with Gasteiger partial charge in [-0.1, -0.05) is 15.9 Å². The molecule has 0 unspecified atom stereocenters. The number of rotatable bonds is 7. The summed E-state index contributed by atoms with van der Waals surface area (Å²) >= 11 is 4.12. The summed E-state index contributed by atoms with van der Waals surface area (Å²) in [5, 5.41) is 0. The number of hydrogen-bond acceptors (Lipinski definition) is 5. The second-order valence-electron chi connectivity index (χ2n) is 2.43. The summed E-state index contributed by atoms with van der Waals surface area (Å²) in [6.45, 7) is 0.881. The van der Waals surface area contributed by atoms with Gasteiger partial charge >= 0.3 is 0 Å². The molecule has 0 N–H and O–H groups in total. The zero-order valence-corrected chi connectivity index (χ0v) is 10.5. The van der Waals surface area contributed by atoms with E-state index in [0.717, 1.165) is 22.5 Å². The maximum Gasteiger partial charge on any atom is 0.194 e. The van der Waals surface area contributed by atoms with Crippen LogP contribution in [0.5, 0.6) is 5.75 Å². The van der Waals surface area contributed by atoms with Crippen LogP contribution in [0.1, 0.15) is 0 Å². The number of hydrogen-bond donors (Lipinski definition) is 0. The van der Waals surface area contributed by atoms with Gasteiger partial charge in [0.05, 0.1) is 13.7 Å². The van der Waals surface area contributed by atoms with Gasteiger partial charge in [0.2, 0.25) is 0 Å². The highest BCUT2D eigenvalue weighted by atomic mass is 79.9. The molecule has 0 heterocycles. The maximum atomic E-state index is 5.39. The molecule has 0 aliphatic carbocycles. The molecule has 0 radical (unpaired) electrons. The standard InChI is InChI=1S/C9H11BrO4S/c1-11-14-15-13-7-6-12-9-4-2-8(10)3-5-9/h2-5H,6-7H2,1H3. The molecule has 0 aliphatic heterocycles. The average molecular weight is 295 g/mol. The van der Waals surface area contributed by atoms with Gasteiger partial charge in [0.1, 0.15) is 12.4 Å². The smallest absolute Gasteiger partial charge is 0.194 e. The predicted octanol–water partition coefficient (Wildman–Crippen LogP) is 2.99. The van der Waals surface area contributed by atoms with E-state index in [2.05, 4.69) is 25.2 Å². The van der Waals surface area contributed by atoms with Crippen LogP contribution < -0.4 is 4.74 Å². The highest BCUT2D eigenvalue weighted by Crippen LogP contribution is 2.16. The van der Waals surface area contributed by atoms with Crippen LogP contribution in [0, 0.1) is 0 Å². The van der Waals surface area contributed by atoms with E-state index in [9.17, 15) is 0 Å². The summed E-state index contributed by atoms with van der Waals surface area (Å²) in [7, 11) is 1.41. The first-order valence-electron chi connectivity index (χ1n) is 4.20. The maximum absolute atomic E-state index is 5.39. The molecule has 1 rings (SSSR count). The van der Waals surface area contributed by atoms with Gasteiger partial charge in [-0.05, 0) is 24.3 Å². The van der Waals surface area contributed by atoms with Crippen LogP contribution in [-0.2, 0) is 13.4 Å². The Kier molecular flexibility index (Phi) is 6.78. The Labute approximate surface area is 101 Å². The van der Waals surface area contributed by atoms with E-state index < -0.39 is 0 Å². The topological polar surface area (TPSA) is 36.9 Å². The van der Waals surface area contributed by atoms with Crippen LogP contribution in [0.4, 0.5) is 0 Å². The van der Waals surface area contributed by atoms with Crippen LogP contribution >= 0.6 is 28.3 Å². The fraction of sp³-hybridized carbons (Fsp3) is 0.333. The normalized spacial score (nSPS) is 10.3. The summed E-state index contributed by atoms with van der Waals surface area (Å²) < 4.78 is 15.8. The molecule has 0 saturated carbocycles. The van der Waals surface area contributed by atoms with Gasteiger partial charge in [0, 0.05) is 4.47 Å². The van der Waals surface area contributed by atoms with Crippen molar-refractivity contribution in [1.29, 1.82) is 0 Å². The first kappa shape index (κ1) is 12.8. The number of ether oxygens (including phenoxy) is 1. The van der Waals surface area contributed by atoms with Gasteiger partial charge in [0.25, 0.3) is 0 Å². The molecule has 6 heteroatoms. The second-order valence-corrected chi connectivity index (χ2v) is 3.85. The monoisotopic (exact) mass is 294 g/mol. The third-order valence-corrected chi connectivity index (χ3v) is 2.38. The van der Waals surface area contributed by atoms with E-state index in [1.165, 1.54) is 7.11 Å².